The Balaban J connectivity index is 0. The third kappa shape index (κ3) is 9.06. The van der Waals surface area contributed by atoms with Crippen molar-refractivity contribution in [2.75, 3.05) is 6.61 Å². The van der Waals surface area contributed by atoms with Crippen molar-refractivity contribution < 1.29 is 14.3 Å². The van der Waals surface area contributed by atoms with E-state index < -0.39 is 5.97 Å². The average molecular weight is 139 g/mol. The van der Waals surface area contributed by atoms with Crippen LogP contribution in [0.4, 0.5) is 0 Å². The van der Waals surface area contributed by atoms with Crippen LogP contribution < -0.4 is 0 Å². The van der Waals surface area contributed by atoms with E-state index in [0.717, 1.165) is 0 Å². The molecule has 0 aliphatic rings. The largest absolute Gasteiger partial charge is 0.458 e. The van der Waals surface area contributed by atoms with E-state index in [0.29, 0.717) is 6.29 Å². The molecule has 4 heteroatoms. The molecule has 0 bridgehead atoms. The fourth-order valence-electron chi connectivity index (χ4n) is 0.151. The van der Waals surface area contributed by atoms with Gasteiger partial charge in [0.05, 0.1) is 0 Å². The Labute approximate surface area is 53.4 Å². The molecule has 0 heterocycles. The summed E-state index contributed by atoms with van der Waals surface area (Å²) in [4.78, 5) is 19.3. The van der Waals surface area contributed by atoms with Gasteiger partial charge in [-0.2, -0.15) is 0 Å². The molecule has 0 saturated carbocycles. The van der Waals surface area contributed by atoms with Gasteiger partial charge in [0.2, 0.25) is 0 Å². The zero-order valence-corrected chi connectivity index (χ0v) is 5.23. The molecular formula is C4H7ClO3. The molecule has 0 spiro atoms. The summed E-state index contributed by atoms with van der Waals surface area (Å²) in [5.74, 6) is -0.424. The van der Waals surface area contributed by atoms with Gasteiger partial charge in [0.25, 0.3) is 0 Å². The van der Waals surface area contributed by atoms with Crippen LogP contribution in [0.5, 0.6) is 0 Å². The predicted molar refractivity (Wildman–Crippen MR) is 29.9 cm³/mol. The van der Waals surface area contributed by atoms with Gasteiger partial charge in [-0.05, 0) is 0 Å². The Hall–Kier alpha value is -0.570. The normalized spacial score (nSPS) is 6.62. The standard InChI is InChI=1S/C4H6O3.ClH/c1-4(6)7-3-2-5;/h2H,3H2,1H3;1H. The first-order valence-electron chi connectivity index (χ1n) is 1.84. The van der Waals surface area contributed by atoms with E-state index in [1.54, 1.807) is 0 Å². The van der Waals surface area contributed by atoms with Crippen molar-refractivity contribution in [2.45, 2.75) is 6.92 Å². The zero-order chi connectivity index (χ0) is 5.70. The first kappa shape index (κ1) is 10.4. The molecule has 0 aliphatic heterocycles. The highest BCUT2D eigenvalue weighted by Crippen LogP contribution is 1.68. The number of hydrogen-bond donors (Lipinski definition) is 0. The third-order valence-corrected chi connectivity index (χ3v) is 0.355. The number of esters is 1. The molecule has 0 aliphatic carbocycles. The lowest BCUT2D eigenvalue weighted by Crippen LogP contribution is -2.00. The minimum Gasteiger partial charge on any atom is -0.458 e. The molecule has 0 saturated heterocycles. The SMILES string of the molecule is CC(=O)OCC=O.Cl. The smallest absolute Gasteiger partial charge is 0.303 e. The van der Waals surface area contributed by atoms with Gasteiger partial charge in [0, 0.05) is 6.92 Å². The first-order chi connectivity index (χ1) is 3.27. The molecule has 0 N–H and O–H groups in total. The molecule has 0 atom stereocenters. The van der Waals surface area contributed by atoms with E-state index in [2.05, 4.69) is 4.74 Å². The molecule has 3 nitrogen and oxygen atoms in total. The highest BCUT2D eigenvalue weighted by Gasteiger charge is 1.85. The predicted octanol–water partition coefficient (Wildman–Crippen LogP) is 0.170. The summed E-state index contributed by atoms with van der Waals surface area (Å²) in [5.41, 5.74) is 0. The molecule has 48 valence electrons. The van der Waals surface area contributed by atoms with E-state index in [4.69, 9.17) is 0 Å². The van der Waals surface area contributed by atoms with E-state index >= 15 is 0 Å². The van der Waals surface area contributed by atoms with Crippen LogP contribution in [0.2, 0.25) is 0 Å². The molecule has 0 unspecified atom stereocenters. The van der Waals surface area contributed by atoms with Crippen LogP contribution in [0.1, 0.15) is 6.92 Å². The minimum atomic E-state index is -0.424. The second-order valence-electron chi connectivity index (χ2n) is 0.969. The average Bonchev–Trinajstić information content (AvgIpc) is 1.61. The van der Waals surface area contributed by atoms with Crippen LogP contribution in [-0.4, -0.2) is 18.9 Å². The summed E-state index contributed by atoms with van der Waals surface area (Å²) >= 11 is 0. The van der Waals surface area contributed by atoms with Crippen LogP contribution in [0.25, 0.3) is 0 Å². The topological polar surface area (TPSA) is 43.4 Å². The third-order valence-electron chi connectivity index (χ3n) is 0.355. The summed E-state index contributed by atoms with van der Waals surface area (Å²) < 4.78 is 4.18. The Morgan fingerprint density at radius 3 is 2.38 bits per heavy atom. The number of carbonyl (C=O) groups is 2. The minimum absolute atomic E-state index is 0. The van der Waals surface area contributed by atoms with E-state index in [1.807, 2.05) is 0 Å². The van der Waals surface area contributed by atoms with Crippen molar-refractivity contribution in [2.24, 2.45) is 0 Å². The molecule has 0 amide bonds. The van der Waals surface area contributed by atoms with Gasteiger partial charge in [0.1, 0.15) is 6.61 Å². The van der Waals surface area contributed by atoms with Crippen LogP contribution >= 0.6 is 12.4 Å². The highest BCUT2D eigenvalue weighted by atomic mass is 35.5. The summed E-state index contributed by atoms with van der Waals surface area (Å²) in [5, 5.41) is 0. The van der Waals surface area contributed by atoms with E-state index in [1.165, 1.54) is 6.92 Å². The van der Waals surface area contributed by atoms with E-state index in [-0.39, 0.29) is 19.0 Å². The highest BCUT2D eigenvalue weighted by molar-refractivity contribution is 5.85. The summed E-state index contributed by atoms with van der Waals surface area (Å²) in [6, 6.07) is 0. The lowest BCUT2D eigenvalue weighted by Gasteiger charge is -1.88. The Kier molecular flexibility index (Phi) is 8.37. The fourth-order valence-corrected chi connectivity index (χ4v) is 0.151. The number of carbonyl (C=O) groups excluding carboxylic acids is 2. The molecule has 0 radical (unpaired) electrons. The maximum Gasteiger partial charge on any atom is 0.303 e. The van der Waals surface area contributed by atoms with Gasteiger partial charge in [-0.15, -0.1) is 12.4 Å². The number of halogens is 1. The van der Waals surface area contributed by atoms with Crippen LogP contribution in [0.15, 0.2) is 0 Å². The fraction of sp³-hybridized carbons (Fsp3) is 0.500. The van der Waals surface area contributed by atoms with Crippen molar-refractivity contribution in [3.05, 3.63) is 0 Å². The van der Waals surface area contributed by atoms with Crippen molar-refractivity contribution in [1.29, 1.82) is 0 Å². The van der Waals surface area contributed by atoms with E-state index in [9.17, 15) is 9.59 Å². The van der Waals surface area contributed by atoms with Crippen LogP contribution in [-0.2, 0) is 14.3 Å². The van der Waals surface area contributed by atoms with Gasteiger partial charge in [-0.1, -0.05) is 0 Å². The molecule has 0 aromatic rings. The van der Waals surface area contributed by atoms with Gasteiger partial charge in [-0.25, -0.2) is 0 Å². The number of hydrogen-bond acceptors (Lipinski definition) is 3. The lowest BCUT2D eigenvalue weighted by molar-refractivity contribution is -0.143. The monoisotopic (exact) mass is 138 g/mol. The maximum absolute atomic E-state index is 9.82. The molecule has 0 aromatic heterocycles. The maximum atomic E-state index is 9.82. The van der Waals surface area contributed by atoms with Crippen LogP contribution in [0.3, 0.4) is 0 Å². The van der Waals surface area contributed by atoms with Crippen LogP contribution in [0, 0.1) is 0 Å². The summed E-state index contributed by atoms with van der Waals surface area (Å²) in [6.07, 6.45) is 0.529. The summed E-state index contributed by atoms with van der Waals surface area (Å²) in [7, 11) is 0. The number of rotatable bonds is 2. The van der Waals surface area contributed by atoms with Crippen molar-refractivity contribution in [3.63, 3.8) is 0 Å². The number of aldehydes is 1. The number of ether oxygens (including phenoxy) is 1. The zero-order valence-electron chi connectivity index (χ0n) is 4.42. The first-order valence-corrected chi connectivity index (χ1v) is 1.84. The molecular weight excluding hydrogens is 131 g/mol. The van der Waals surface area contributed by atoms with Crippen molar-refractivity contribution in [3.8, 4) is 0 Å². The van der Waals surface area contributed by atoms with Gasteiger partial charge in [-0.3, -0.25) is 9.59 Å². The Morgan fingerprint density at radius 2 is 2.25 bits per heavy atom. The van der Waals surface area contributed by atoms with Crippen molar-refractivity contribution >= 4 is 24.7 Å². The second-order valence-corrected chi connectivity index (χ2v) is 0.969. The van der Waals surface area contributed by atoms with Gasteiger partial charge < -0.3 is 4.74 Å². The molecule has 8 heavy (non-hydrogen) atoms. The summed E-state index contributed by atoms with van der Waals surface area (Å²) in [6.45, 7) is 1.12. The molecule has 0 rings (SSSR count). The Morgan fingerprint density at radius 1 is 1.75 bits per heavy atom. The van der Waals surface area contributed by atoms with Crippen molar-refractivity contribution in [1.82, 2.24) is 0 Å². The second kappa shape index (κ2) is 6.43. The lowest BCUT2D eigenvalue weighted by atomic mass is 10.8. The van der Waals surface area contributed by atoms with Gasteiger partial charge in [0.15, 0.2) is 6.29 Å². The molecule has 0 fully saturated rings. The van der Waals surface area contributed by atoms with Gasteiger partial charge >= 0.3 is 5.97 Å². The molecule has 0 aromatic carbocycles. The Bertz CT molecular complexity index is 81.4. The quantitative estimate of drug-likeness (QED) is 0.404.